The Morgan fingerprint density at radius 1 is 0.507 bits per heavy atom. The van der Waals surface area contributed by atoms with Crippen molar-refractivity contribution in [3.05, 3.63) is 131 Å². The molecule has 0 spiro atoms. The number of ether oxygens (including phenoxy) is 17. The number of unbranched alkanes of at least 4 members (excludes halogenated alkanes) is 2. The van der Waals surface area contributed by atoms with Gasteiger partial charge in [0.2, 0.25) is 36.2 Å². The Bertz CT molecular complexity index is 4720. The number of pyridine rings is 1. The molecule has 7 amide bonds. The third-order valence-corrected chi connectivity index (χ3v) is 22.0. The molecule has 0 saturated carbocycles. The molecule has 5 heterocycles. The Balaban J connectivity index is 0.708. The standard InChI is InChI=1S/C94H134N10O34/c1-5-6-10-75-100-81-82(68-21-18-66(91(119)120)55-70(68)99-89(81)101-94(121)134-61-64-15-19-67(20-16-64)135-92-87(116)85(114)83(112)73(59-105)137-92)103(75)56-62-11-13-63(14-12-62)57-104(2,3)58-65-17-22-72(136-93-88(117)86(115)84(113)74(60-106)138-93)71(54-65)98-77(108)25-29-96-90(118)69(97-78(109)26-30-102-79(110)23-24-80(102)111)9-7-8-28-95-76(107)27-31-123-34-35-125-38-39-127-42-43-129-46-47-131-50-51-133-53-52-132-49-48-130-45-44-128-41-40-126-37-36-124-33-32-122-4/h11-24,54-55,69,73-74,83-88,92-93,105-106,112-117H,5-10,25-53,56-61H2,1-4H3,(H5-,95,96,97,98,99,101,107,108,109,118,119,120,121)/p+1/t69-,73+,74+,83+,84+,85-,86-,87-,88-,92-,93-/m0/s1. The highest BCUT2D eigenvalue weighted by Crippen LogP contribution is 2.36. The minimum absolute atomic E-state index is 0.0156. The lowest BCUT2D eigenvalue weighted by atomic mass is 9.99. The van der Waals surface area contributed by atoms with Gasteiger partial charge in [-0.05, 0) is 85.3 Å². The van der Waals surface area contributed by atoms with Crippen LogP contribution in [0.4, 0.5) is 16.3 Å². The summed E-state index contributed by atoms with van der Waals surface area (Å²) in [4.78, 5) is 116. The van der Waals surface area contributed by atoms with E-state index in [1.807, 2.05) is 49.9 Å². The van der Waals surface area contributed by atoms with Crippen LogP contribution in [0.5, 0.6) is 11.5 Å². The highest BCUT2D eigenvalue weighted by Gasteiger charge is 2.46. The number of anilines is 2. The molecular weight excluding hydrogens is 1810 g/mol. The molecule has 44 heteroatoms. The van der Waals surface area contributed by atoms with E-state index < -0.39 is 122 Å². The number of benzene rings is 4. The second-order valence-corrected chi connectivity index (χ2v) is 33.2. The first-order valence-corrected chi connectivity index (χ1v) is 46.3. The van der Waals surface area contributed by atoms with Gasteiger partial charge in [0.1, 0.15) is 97.4 Å². The number of amides is 7. The fourth-order valence-corrected chi connectivity index (χ4v) is 14.7. The maximum atomic E-state index is 14.1. The van der Waals surface area contributed by atoms with Gasteiger partial charge in [0, 0.05) is 87.6 Å². The van der Waals surface area contributed by atoms with Crippen molar-refractivity contribution < 1.29 is 169 Å². The summed E-state index contributed by atoms with van der Waals surface area (Å²) in [6.07, 6.45) is -12.1. The van der Waals surface area contributed by atoms with E-state index in [1.54, 1.807) is 37.4 Å². The second-order valence-electron chi connectivity index (χ2n) is 33.2. The Morgan fingerprint density at radius 2 is 1.01 bits per heavy atom. The average Bonchev–Trinajstić information content (AvgIpc) is 1.58. The lowest BCUT2D eigenvalue weighted by Gasteiger charge is -2.39. The van der Waals surface area contributed by atoms with Crippen molar-refractivity contribution in [3.8, 4) is 11.5 Å². The van der Waals surface area contributed by atoms with E-state index in [4.69, 9.17) is 90.5 Å². The Morgan fingerprint density at radius 3 is 1.54 bits per heavy atom. The number of imidazole rings is 1. The number of aryl methyl sites for hydroxylation is 1. The topological polar surface area (TPSA) is 570 Å². The van der Waals surface area contributed by atoms with Crippen LogP contribution >= 0.6 is 0 Å². The molecule has 2 fully saturated rings. The number of hydrogen-bond acceptors (Lipinski definition) is 35. The molecule has 0 bridgehead atoms. The third-order valence-electron chi connectivity index (χ3n) is 22.0. The zero-order chi connectivity index (χ0) is 99.0. The molecule has 11 atom stereocenters. The molecule has 764 valence electrons. The first-order chi connectivity index (χ1) is 66.8. The van der Waals surface area contributed by atoms with Gasteiger partial charge in [-0.1, -0.05) is 49.7 Å². The molecule has 14 N–H and O–H groups in total. The number of carboxylic acid groups (broad SMARTS) is 1. The van der Waals surface area contributed by atoms with Crippen LogP contribution in [-0.4, -0.2) is 391 Å². The highest BCUT2D eigenvalue weighted by molar-refractivity contribution is 6.13. The molecule has 3 aliphatic rings. The highest BCUT2D eigenvalue weighted by atomic mass is 16.7. The number of carbonyl (C=O) groups excluding carboxylic acids is 7. The zero-order valence-corrected chi connectivity index (χ0v) is 78.5. The summed E-state index contributed by atoms with van der Waals surface area (Å²) in [7, 11) is 5.62. The van der Waals surface area contributed by atoms with Crippen molar-refractivity contribution in [1.82, 2.24) is 35.4 Å². The molecule has 4 aromatic carbocycles. The van der Waals surface area contributed by atoms with Gasteiger partial charge in [-0.25, -0.2) is 19.6 Å². The van der Waals surface area contributed by atoms with Crippen LogP contribution < -0.4 is 36.1 Å². The van der Waals surface area contributed by atoms with Crippen LogP contribution in [0.2, 0.25) is 0 Å². The average molecular weight is 1950 g/mol. The van der Waals surface area contributed by atoms with E-state index in [2.05, 4.69) is 26.6 Å². The smallest absolute Gasteiger partial charge is 0.413 e. The Kier molecular flexibility index (Phi) is 49.2. The van der Waals surface area contributed by atoms with Crippen LogP contribution in [0.1, 0.15) is 96.7 Å². The van der Waals surface area contributed by atoms with Crippen LogP contribution in [-0.2, 0) is 132 Å². The number of aliphatic hydroxyl groups is 8. The molecule has 6 aromatic rings. The number of methoxy groups -OCH3 is 1. The molecule has 0 aliphatic carbocycles. The molecule has 138 heavy (non-hydrogen) atoms. The van der Waals surface area contributed by atoms with E-state index in [0.29, 0.717) is 209 Å². The molecule has 3 aliphatic heterocycles. The van der Waals surface area contributed by atoms with Crippen molar-refractivity contribution >= 4 is 80.9 Å². The fourth-order valence-electron chi connectivity index (χ4n) is 14.7. The van der Waals surface area contributed by atoms with Crippen molar-refractivity contribution in [1.29, 1.82) is 0 Å². The quantitative estimate of drug-likeness (QED) is 0.0145. The van der Waals surface area contributed by atoms with E-state index in [9.17, 15) is 84.3 Å². The number of carbonyl (C=O) groups is 8. The SMILES string of the molecule is CCCCc1nc2c(NC(=O)OCc3ccc(O[C@H]4O[C@H](CO)[C@@H](O)[C@H](O)[C@@H]4O)cc3)nc3cc(C(=O)O)ccc3c2n1Cc1ccc(C[N+](C)(C)Cc2ccc(O[C@H]3O[C@H](CO)[C@@H](O)[C@H](O)[C@@H]3O)c(NC(=O)CCNC(=O)[C@H](CCCCNC(=O)CCOCCOCCOCCOCCOCCOCCOCCOCCOCCOCCOCCOC)NC(=O)CCN3C(=O)C=CC3=O)c2)cc1. The normalized spacial score (nSPS) is 19.1. The molecule has 44 nitrogen and oxygen atoms in total. The maximum absolute atomic E-state index is 14.1. The summed E-state index contributed by atoms with van der Waals surface area (Å²) in [6, 6.07) is 22.4. The predicted molar refractivity (Wildman–Crippen MR) is 492 cm³/mol. The Labute approximate surface area is 799 Å². The minimum atomic E-state index is -1.82. The van der Waals surface area contributed by atoms with Gasteiger partial charge in [-0.2, -0.15) is 0 Å². The van der Waals surface area contributed by atoms with Crippen molar-refractivity contribution in [2.75, 3.05) is 217 Å². The summed E-state index contributed by atoms with van der Waals surface area (Å²) in [5.41, 5.74) is 4.20. The number of fused-ring (bicyclic) bond motifs is 3. The number of imide groups is 1. The number of rotatable bonds is 69. The van der Waals surface area contributed by atoms with Crippen molar-refractivity contribution in [2.24, 2.45) is 0 Å². The first-order valence-electron chi connectivity index (χ1n) is 46.3. The summed E-state index contributed by atoms with van der Waals surface area (Å²) in [5, 5.41) is 107. The van der Waals surface area contributed by atoms with Crippen LogP contribution in [0.3, 0.4) is 0 Å². The third kappa shape index (κ3) is 37.8. The molecule has 9 rings (SSSR count). The second kappa shape index (κ2) is 60.8. The molecular formula is C94H135N10O34+. The van der Waals surface area contributed by atoms with Crippen molar-refractivity contribution in [3.63, 3.8) is 0 Å². The van der Waals surface area contributed by atoms with E-state index in [-0.39, 0.29) is 112 Å². The number of quaternary nitrogens is 1. The zero-order valence-electron chi connectivity index (χ0n) is 78.5. The number of nitrogens with zero attached hydrogens (tertiary/aromatic N) is 5. The first kappa shape index (κ1) is 112. The largest absolute Gasteiger partial charge is 0.478 e. The van der Waals surface area contributed by atoms with E-state index in [1.165, 1.54) is 30.3 Å². The van der Waals surface area contributed by atoms with Crippen molar-refractivity contribution in [2.45, 2.75) is 158 Å². The number of aliphatic hydroxyl groups excluding tert-OH is 8. The van der Waals surface area contributed by atoms with E-state index in [0.717, 1.165) is 41.0 Å². The molecule has 2 aromatic heterocycles. The van der Waals surface area contributed by atoms with E-state index >= 15 is 0 Å². The predicted octanol–water partition coefficient (Wildman–Crippen LogP) is 1.31. The monoisotopic (exact) mass is 1950 g/mol. The maximum Gasteiger partial charge on any atom is 0.413 e. The van der Waals surface area contributed by atoms with Crippen LogP contribution in [0.25, 0.3) is 21.9 Å². The summed E-state index contributed by atoms with van der Waals surface area (Å²) in [6.45, 7) is 10.8. The van der Waals surface area contributed by atoms with Crippen LogP contribution in [0.15, 0.2) is 97.1 Å². The van der Waals surface area contributed by atoms with Gasteiger partial charge in [0.25, 0.3) is 11.8 Å². The van der Waals surface area contributed by atoms with Gasteiger partial charge in [-0.15, -0.1) is 0 Å². The number of aromatic carboxylic acids is 1. The minimum Gasteiger partial charge on any atom is -0.478 e. The van der Waals surface area contributed by atoms with Gasteiger partial charge in [0.05, 0.1) is 202 Å². The summed E-state index contributed by atoms with van der Waals surface area (Å²) < 4.78 is 96.4. The van der Waals surface area contributed by atoms with Gasteiger partial charge >= 0.3 is 12.1 Å². The summed E-state index contributed by atoms with van der Waals surface area (Å²) in [5.74, 6) is -3.74. The summed E-state index contributed by atoms with van der Waals surface area (Å²) >= 11 is 0. The number of carboxylic acids is 1. The van der Waals surface area contributed by atoms with Crippen LogP contribution in [0, 0.1) is 0 Å². The Hall–Kier alpha value is -10.1. The lowest BCUT2D eigenvalue weighted by molar-refractivity contribution is -0.916. The molecule has 0 unspecified atom stereocenters. The number of nitrogens with one attached hydrogen (secondary N) is 5. The molecule has 0 radical (unpaired) electrons. The molecule has 2 saturated heterocycles. The van der Waals surface area contributed by atoms with Gasteiger partial charge in [-0.3, -0.25) is 39.0 Å². The fraction of sp³-hybridized carbons (Fsp3) is 0.596. The number of hydrogen-bond donors (Lipinski definition) is 14. The number of aromatic nitrogens is 3. The lowest BCUT2D eigenvalue weighted by Crippen LogP contribution is -2.60. The van der Waals surface area contributed by atoms with Gasteiger partial charge in [0.15, 0.2) is 5.82 Å². The van der Waals surface area contributed by atoms with Gasteiger partial charge < -0.3 is 157 Å².